The van der Waals surface area contributed by atoms with E-state index in [9.17, 15) is 0 Å². The fraction of sp³-hybridized carbons (Fsp3) is 1.00. The van der Waals surface area contributed by atoms with Crippen LogP contribution in [0.2, 0.25) is 0 Å². The third-order valence-corrected chi connectivity index (χ3v) is 3.28. The molecule has 2 atom stereocenters. The van der Waals surface area contributed by atoms with Gasteiger partial charge in [-0.1, -0.05) is 25.7 Å². The van der Waals surface area contributed by atoms with E-state index in [0.29, 0.717) is 0 Å². The molecular weight excluding hydrogens is 167 g/mol. The van der Waals surface area contributed by atoms with Gasteiger partial charge in [0.2, 0.25) is 0 Å². The zero-order chi connectivity index (χ0) is 7.40. The first kappa shape index (κ1) is 8.67. The van der Waals surface area contributed by atoms with Gasteiger partial charge in [-0.3, -0.25) is 0 Å². The largest absolute Gasteiger partial charge is 0.121 e. The Hall–Kier alpha value is 0.580. The molecule has 10 heavy (non-hydrogen) atoms. The maximum absolute atomic E-state index is 6.01. The zero-order valence-electron chi connectivity index (χ0n) is 6.15. The molecule has 0 amide bonds. The Morgan fingerprint density at radius 3 is 1.50 bits per heavy atom. The van der Waals surface area contributed by atoms with Gasteiger partial charge in [0.1, 0.15) is 0 Å². The molecule has 1 rings (SSSR count). The van der Waals surface area contributed by atoms with Crippen LogP contribution >= 0.6 is 23.2 Å². The first-order valence-corrected chi connectivity index (χ1v) is 4.96. The van der Waals surface area contributed by atoms with Crippen molar-refractivity contribution in [2.45, 2.75) is 49.3 Å². The zero-order valence-corrected chi connectivity index (χ0v) is 7.67. The minimum atomic E-state index is 0.224. The van der Waals surface area contributed by atoms with Crippen LogP contribution in [0.5, 0.6) is 0 Å². The molecule has 0 aromatic carbocycles. The van der Waals surface area contributed by atoms with E-state index in [1.165, 1.54) is 25.7 Å². The Morgan fingerprint density at radius 2 is 1.10 bits per heavy atom. The van der Waals surface area contributed by atoms with Gasteiger partial charge in [-0.05, 0) is 12.8 Å². The monoisotopic (exact) mass is 180 g/mol. The summed E-state index contributed by atoms with van der Waals surface area (Å²) in [5.74, 6) is 0. The topological polar surface area (TPSA) is 0 Å². The van der Waals surface area contributed by atoms with Gasteiger partial charge >= 0.3 is 0 Å². The first-order valence-electron chi connectivity index (χ1n) is 4.09. The van der Waals surface area contributed by atoms with Crippen LogP contribution in [0.25, 0.3) is 0 Å². The van der Waals surface area contributed by atoms with Crippen molar-refractivity contribution in [2.75, 3.05) is 0 Å². The van der Waals surface area contributed by atoms with Crippen LogP contribution in [-0.2, 0) is 0 Å². The molecule has 0 nitrogen and oxygen atoms in total. The molecule has 0 aromatic heterocycles. The van der Waals surface area contributed by atoms with Gasteiger partial charge in [-0.2, -0.15) is 0 Å². The lowest BCUT2D eigenvalue weighted by Crippen LogP contribution is -2.16. The van der Waals surface area contributed by atoms with Crippen molar-refractivity contribution in [3.05, 3.63) is 0 Å². The Bertz CT molecular complexity index is 81.3. The molecule has 1 fully saturated rings. The van der Waals surface area contributed by atoms with Gasteiger partial charge in [0.15, 0.2) is 0 Å². The normalized spacial score (nSPS) is 36.6. The Balaban J connectivity index is 2.28. The van der Waals surface area contributed by atoms with Crippen LogP contribution in [-0.4, -0.2) is 10.8 Å². The quantitative estimate of drug-likeness (QED) is 0.501. The second-order valence-electron chi connectivity index (χ2n) is 3.02. The van der Waals surface area contributed by atoms with Crippen molar-refractivity contribution in [1.29, 1.82) is 0 Å². The molecule has 0 unspecified atom stereocenters. The summed E-state index contributed by atoms with van der Waals surface area (Å²) < 4.78 is 0. The van der Waals surface area contributed by atoms with Gasteiger partial charge in [-0.25, -0.2) is 0 Å². The second kappa shape index (κ2) is 4.46. The summed E-state index contributed by atoms with van der Waals surface area (Å²) in [4.78, 5) is 0. The molecule has 0 aliphatic heterocycles. The maximum Gasteiger partial charge on any atom is 0.0499 e. The van der Waals surface area contributed by atoms with Gasteiger partial charge in [0.05, 0.1) is 0 Å². The summed E-state index contributed by atoms with van der Waals surface area (Å²) in [5, 5.41) is 0.448. The highest BCUT2D eigenvalue weighted by molar-refractivity contribution is 6.29. The lowest BCUT2D eigenvalue weighted by atomic mass is 10.0. The summed E-state index contributed by atoms with van der Waals surface area (Å²) in [7, 11) is 0. The fourth-order valence-electron chi connectivity index (χ4n) is 1.39. The average Bonchev–Trinajstić information content (AvgIpc) is 1.92. The molecule has 0 bridgehead atoms. The molecule has 1 saturated carbocycles. The third-order valence-electron chi connectivity index (χ3n) is 2.10. The van der Waals surface area contributed by atoms with Gasteiger partial charge in [-0.15, -0.1) is 23.2 Å². The van der Waals surface area contributed by atoms with Gasteiger partial charge in [0, 0.05) is 10.8 Å². The van der Waals surface area contributed by atoms with Gasteiger partial charge in [0.25, 0.3) is 0 Å². The standard InChI is InChI=1S/C8H14Cl2/c9-7-5-3-1-2-4-6-8(7)10/h7-8H,1-6H2/t7-,8-/m0/s1. The number of alkyl halides is 2. The van der Waals surface area contributed by atoms with Crippen molar-refractivity contribution in [3.8, 4) is 0 Å². The number of halogens is 2. The van der Waals surface area contributed by atoms with E-state index in [4.69, 9.17) is 23.2 Å². The van der Waals surface area contributed by atoms with Crippen LogP contribution in [0.3, 0.4) is 0 Å². The van der Waals surface area contributed by atoms with Crippen molar-refractivity contribution in [3.63, 3.8) is 0 Å². The number of hydrogen-bond acceptors (Lipinski definition) is 0. The molecule has 1 aliphatic carbocycles. The van der Waals surface area contributed by atoms with Crippen LogP contribution < -0.4 is 0 Å². The van der Waals surface area contributed by atoms with Crippen molar-refractivity contribution >= 4 is 23.2 Å². The van der Waals surface area contributed by atoms with E-state index in [2.05, 4.69) is 0 Å². The van der Waals surface area contributed by atoms with Gasteiger partial charge < -0.3 is 0 Å². The molecule has 60 valence electrons. The molecular formula is C8H14Cl2. The highest BCUT2D eigenvalue weighted by atomic mass is 35.5. The summed E-state index contributed by atoms with van der Waals surface area (Å²) in [6.45, 7) is 0. The van der Waals surface area contributed by atoms with E-state index >= 15 is 0 Å². The van der Waals surface area contributed by atoms with Crippen LogP contribution in [0, 0.1) is 0 Å². The summed E-state index contributed by atoms with van der Waals surface area (Å²) in [6.07, 6.45) is 7.42. The molecule has 0 radical (unpaired) electrons. The molecule has 1 aliphatic rings. The number of hydrogen-bond donors (Lipinski definition) is 0. The number of rotatable bonds is 0. The lowest BCUT2D eigenvalue weighted by molar-refractivity contribution is 0.514. The molecule has 2 heteroatoms. The highest BCUT2D eigenvalue weighted by Gasteiger charge is 2.17. The van der Waals surface area contributed by atoms with E-state index < -0.39 is 0 Å². The molecule has 0 spiro atoms. The minimum Gasteiger partial charge on any atom is -0.121 e. The average molecular weight is 181 g/mol. The second-order valence-corrected chi connectivity index (χ2v) is 4.14. The van der Waals surface area contributed by atoms with E-state index in [1.807, 2.05) is 0 Å². The van der Waals surface area contributed by atoms with Crippen molar-refractivity contribution < 1.29 is 0 Å². The molecule has 0 N–H and O–H groups in total. The Labute approximate surface area is 72.9 Å². The van der Waals surface area contributed by atoms with Crippen molar-refractivity contribution in [1.82, 2.24) is 0 Å². The summed E-state index contributed by atoms with van der Waals surface area (Å²) in [5.41, 5.74) is 0. The van der Waals surface area contributed by atoms with E-state index in [1.54, 1.807) is 0 Å². The molecule has 0 aromatic rings. The summed E-state index contributed by atoms with van der Waals surface area (Å²) in [6, 6.07) is 0. The predicted molar refractivity (Wildman–Crippen MR) is 47.0 cm³/mol. The highest BCUT2D eigenvalue weighted by Crippen LogP contribution is 2.25. The maximum atomic E-state index is 6.01. The smallest absolute Gasteiger partial charge is 0.0499 e. The fourth-order valence-corrected chi connectivity index (χ4v) is 1.95. The SMILES string of the molecule is Cl[C@H]1CCCCCC[C@@H]1Cl. The molecule has 0 heterocycles. The van der Waals surface area contributed by atoms with Crippen molar-refractivity contribution in [2.24, 2.45) is 0 Å². The molecule has 0 saturated heterocycles. The van der Waals surface area contributed by atoms with Crippen LogP contribution in [0.15, 0.2) is 0 Å². The van der Waals surface area contributed by atoms with E-state index in [-0.39, 0.29) is 10.8 Å². The Kier molecular flexibility index (Phi) is 3.87. The first-order chi connectivity index (χ1) is 4.80. The third kappa shape index (κ3) is 2.67. The Morgan fingerprint density at radius 1 is 0.700 bits per heavy atom. The minimum absolute atomic E-state index is 0.224. The van der Waals surface area contributed by atoms with E-state index in [0.717, 1.165) is 12.8 Å². The van der Waals surface area contributed by atoms with Crippen LogP contribution in [0.4, 0.5) is 0 Å². The summed E-state index contributed by atoms with van der Waals surface area (Å²) >= 11 is 12.0. The lowest BCUT2D eigenvalue weighted by Gasteiger charge is -2.18. The predicted octanol–water partition coefficient (Wildman–Crippen LogP) is 3.56. The van der Waals surface area contributed by atoms with Crippen LogP contribution in [0.1, 0.15) is 38.5 Å².